The van der Waals surface area contributed by atoms with Crippen LogP contribution in [-0.4, -0.2) is 39.7 Å². The summed E-state index contributed by atoms with van der Waals surface area (Å²) in [6, 6.07) is 15.0. The number of nitriles is 1. The number of carbonyl (C=O) groups excluding carboxylic acids is 2. The Labute approximate surface area is 169 Å². The second-order valence-electron chi connectivity index (χ2n) is 6.30. The fourth-order valence-corrected chi connectivity index (χ4v) is 3.82. The number of benzene rings is 2. The van der Waals surface area contributed by atoms with Gasteiger partial charge in [-0.25, -0.2) is 8.42 Å². The lowest BCUT2D eigenvalue weighted by Gasteiger charge is -2.09. The van der Waals surface area contributed by atoms with Gasteiger partial charge in [0.2, 0.25) is 11.8 Å². The first-order chi connectivity index (χ1) is 13.8. The quantitative estimate of drug-likeness (QED) is 0.637. The van der Waals surface area contributed by atoms with E-state index in [2.05, 4.69) is 10.6 Å². The van der Waals surface area contributed by atoms with Crippen LogP contribution in [0.3, 0.4) is 0 Å². The average Bonchev–Trinajstić information content (AvgIpc) is 2.67. The molecule has 0 spiro atoms. The molecule has 0 heterocycles. The number of rotatable bonds is 9. The van der Waals surface area contributed by atoms with Gasteiger partial charge in [-0.15, -0.1) is 0 Å². The van der Waals surface area contributed by atoms with E-state index < -0.39 is 21.5 Å². The van der Waals surface area contributed by atoms with Crippen LogP contribution in [0.2, 0.25) is 0 Å². The summed E-state index contributed by atoms with van der Waals surface area (Å²) in [6.07, 6.45) is 0. The standard InChI is InChI=1S/C20H21N3O5S/c1-28-12-19(24)23-18-4-2-3-17(9-18)11-22-20(25)14-29(26,27)13-16-7-5-15(10-21)6-8-16/h2-9H,11-14H2,1H3,(H,22,25)(H,23,24). The molecule has 0 aliphatic rings. The third-order valence-electron chi connectivity index (χ3n) is 3.80. The fraction of sp³-hybridized carbons (Fsp3) is 0.250. The van der Waals surface area contributed by atoms with Crippen molar-refractivity contribution in [1.82, 2.24) is 5.32 Å². The first kappa shape index (κ1) is 22.1. The van der Waals surface area contributed by atoms with Crippen molar-refractivity contribution in [3.05, 3.63) is 65.2 Å². The van der Waals surface area contributed by atoms with Gasteiger partial charge in [-0.05, 0) is 35.4 Å². The van der Waals surface area contributed by atoms with Gasteiger partial charge in [0.25, 0.3) is 0 Å². The molecule has 29 heavy (non-hydrogen) atoms. The van der Waals surface area contributed by atoms with Crippen molar-refractivity contribution in [3.8, 4) is 6.07 Å². The minimum Gasteiger partial charge on any atom is -0.375 e. The Morgan fingerprint density at radius 3 is 2.45 bits per heavy atom. The van der Waals surface area contributed by atoms with E-state index in [-0.39, 0.29) is 24.8 Å². The SMILES string of the molecule is COCC(=O)Nc1cccc(CNC(=O)CS(=O)(=O)Cc2ccc(C#N)cc2)c1. The van der Waals surface area contributed by atoms with Gasteiger partial charge in [0, 0.05) is 19.3 Å². The summed E-state index contributed by atoms with van der Waals surface area (Å²) >= 11 is 0. The number of carbonyl (C=O) groups is 2. The Balaban J connectivity index is 1.88. The number of hydrogen-bond acceptors (Lipinski definition) is 6. The lowest BCUT2D eigenvalue weighted by atomic mass is 10.2. The molecule has 0 aliphatic carbocycles. The van der Waals surface area contributed by atoms with Crippen LogP contribution >= 0.6 is 0 Å². The van der Waals surface area contributed by atoms with Crippen LogP contribution in [0.1, 0.15) is 16.7 Å². The third-order valence-corrected chi connectivity index (χ3v) is 5.27. The number of ether oxygens (including phenoxy) is 1. The third kappa shape index (κ3) is 7.73. The summed E-state index contributed by atoms with van der Waals surface area (Å²) in [5, 5.41) is 14.0. The molecule has 0 radical (unpaired) electrons. The molecule has 8 nitrogen and oxygen atoms in total. The number of methoxy groups -OCH3 is 1. The van der Waals surface area contributed by atoms with Gasteiger partial charge in [-0.1, -0.05) is 24.3 Å². The molecule has 0 unspecified atom stereocenters. The lowest BCUT2D eigenvalue weighted by molar-refractivity contribution is -0.120. The molecule has 9 heteroatoms. The van der Waals surface area contributed by atoms with Gasteiger partial charge in [0.1, 0.15) is 12.4 Å². The highest BCUT2D eigenvalue weighted by Gasteiger charge is 2.17. The Kier molecular flexibility index (Phi) is 7.88. The molecular formula is C20H21N3O5S. The zero-order valence-electron chi connectivity index (χ0n) is 15.8. The molecule has 0 aliphatic heterocycles. The van der Waals surface area contributed by atoms with Crippen molar-refractivity contribution >= 4 is 27.3 Å². The average molecular weight is 415 g/mol. The van der Waals surface area contributed by atoms with Crippen LogP contribution in [0.15, 0.2) is 48.5 Å². The van der Waals surface area contributed by atoms with Crippen molar-refractivity contribution in [3.63, 3.8) is 0 Å². The van der Waals surface area contributed by atoms with E-state index in [4.69, 9.17) is 10.00 Å². The smallest absolute Gasteiger partial charge is 0.250 e. The normalized spacial score (nSPS) is 10.8. The van der Waals surface area contributed by atoms with Gasteiger partial charge in [-0.2, -0.15) is 5.26 Å². The van der Waals surface area contributed by atoms with Crippen LogP contribution in [0.4, 0.5) is 5.69 Å². The largest absolute Gasteiger partial charge is 0.375 e. The highest BCUT2D eigenvalue weighted by Crippen LogP contribution is 2.11. The molecule has 2 amide bonds. The summed E-state index contributed by atoms with van der Waals surface area (Å²) < 4.78 is 29.2. The maximum atomic E-state index is 12.2. The Bertz CT molecular complexity index is 1010. The molecule has 2 rings (SSSR count). The molecule has 152 valence electrons. The fourth-order valence-electron chi connectivity index (χ4n) is 2.52. The topological polar surface area (TPSA) is 125 Å². The molecule has 0 bridgehead atoms. The Morgan fingerprint density at radius 2 is 1.79 bits per heavy atom. The van der Waals surface area contributed by atoms with Crippen molar-refractivity contribution in [1.29, 1.82) is 5.26 Å². The molecule has 0 saturated carbocycles. The van der Waals surface area contributed by atoms with Crippen molar-refractivity contribution in [2.45, 2.75) is 12.3 Å². The zero-order valence-corrected chi connectivity index (χ0v) is 16.7. The van der Waals surface area contributed by atoms with Crippen molar-refractivity contribution in [2.75, 3.05) is 24.8 Å². The second-order valence-corrected chi connectivity index (χ2v) is 8.36. The Morgan fingerprint density at radius 1 is 1.07 bits per heavy atom. The summed E-state index contributed by atoms with van der Waals surface area (Å²) in [4.78, 5) is 23.6. The molecule has 0 fully saturated rings. The monoisotopic (exact) mass is 415 g/mol. The number of anilines is 1. The predicted octanol–water partition coefficient (Wildman–Crippen LogP) is 1.37. The first-order valence-corrected chi connectivity index (χ1v) is 10.5. The zero-order chi connectivity index (χ0) is 21.3. The highest BCUT2D eigenvalue weighted by atomic mass is 32.2. The van der Waals surface area contributed by atoms with Gasteiger partial charge >= 0.3 is 0 Å². The summed E-state index contributed by atoms with van der Waals surface area (Å²) in [5.41, 5.74) is 2.20. The predicted molar refractivity (Wildman–Crippen MR) is 107 cm³/mol. The highest BCUT2D eigenvalue weighted by molar-refractivity contribution is 7.91. The minimum absolute atomic E-state index is 0.0714. The van der Waals surface area contributed by atoms with E-state index in [1.807, 2.05) is 6.07 Å². The van der Waals surface area contributed by atoms with E-state index in [1.165, 1.54) is 19.2 Å². The van der Waals surface area contributed by atoms with E-state index in [0.29, 0.717) is 22.4 Å². The van der Waals surface area contributed by atoms with Crippen LogP contribution in [-0.2, 0) is 36.5 Å². The molecule has 0 aromatic heterocycles. The van der Waals surface area contributed by atoms with Crippen molar-refractivity contribution < 1.29 is 22.7 Å². The number of nitrogens with one attached hydrogen (secondary N) is 2. The van der Waals surface area contributed by atoms with E-state index in [9.17, 15) is 18.0 Å². The minimum atomic E-state index is -3.65. The van der Waals surface area contributed by atoms with Crippen LogP contribution in [0.5, 0.6) is 0 Å². The molecule has 2 aromatic rings. The van der Waals surface area contributed by atoms with Crippen LogP contribution < -0.4 is 10.6 Å². The molecule has 2 aromatic carbocycles. The van der Waals surface area contributed by atoms with Gasteiger partial charge in [0.15, 0.2) is 9.84 Å². The van der Waals surface area contributed by atoms with Gasteiger partial charge < -0.3 is 15.4 Å². The number of amides is 2. The second kappa shape index (κ2) is 10.4. The van der Waals surface area contributed by atoms with E-state index >= 15 is 0 Å². The van der Waals surface area contributed by atoms with Gasteiger partial charge in [-0.3, -0.25) is 9.59 Å². The molecule has 0 saturated heterocycles. The van der Waals surface area contributed by atoms with Crippen LogP contribution in [0, 0.1) is 11.3 Å². The summed E-state index contributed by atoms with van der Waals surface area (Å²) in [5.74, 6) is -1.85. The van der Waals surface area contributed by atoms with Crippen LogP contribution in [0.25, 0.3) is 0 Å². The van der Waals surface area contributed by atoms with Crippen molar-refractivity contribution in [2.24, 2.45) is 0 Å². The van der Waals surface area contributed by atoms with E-state index in [1.54, 1.807) is 36.4 Å². The first-order valence-electron chi connectivity index (χ1n) is 8.65. The van der Waals surface area contributed by atoms with E-state index in [0.717, 1.165) is 0 Å². The number of sulfone groups is 1. The number of nitrogens with zero attached hydrogens (tertiary/aromatic N) is 1. The Hall–Kier alpha value is -3.22. The maximum absolute atomic E-state index is 12.2. The molecular weight excluding hydrogens is 394 g/mol. The lowest BCUT2D eigenvalue weighted by Crippen LogP contribution is -2.30. The van der Waals surface area contributed by atoms with Gasteiger partial charge in [0.05, 0.1) is 17.4 Å². The summed E-state index contributed by atoms with van der Waals surface area (Å²) in [6.45, 7) is 0.0528. The maximum Gasteiger partial charge on any atom is 0.250 e. The summed E-state index contributed by atoms with van der Waals surface area (Å²) in [7, 11) is -2.24. The molecule has 0 atom stereocenters. The number of hydrogen-bond donors (Lipinski definition) is 2. The molecule has 2 N–H and O–H groups in total.